The van der Waals surface area contributed by atoms with Crippen LogP contribution in [0.2, 0.25) is 0 Å². The Morgan fingerprint density at radius 2 is 0.529 bits per heavy atom. The van der Waals surface area contributed by atoms with Crippen LogP contribution in [0, 0.1) is 0 Å². The molecule has 0 saturated heterocycles. The van der Waals surface area contributed by atoms with Crippen LogP contribution < -0.4 is 0 Å². The molecule has 0 amide bonds. The summed E-state index contributed by atoms with van der Waals surface area (Å²) in [7, 11) is -10.9. The Balaban J connectivity index is -0.0000000400. The summed E-state index contributed by atoms with van der Waals surface area (Å²) in [6.45, 7) is 2.56. The first-order valence-electron chi connectivity index (χ1n) is 3.09. The van der Waals surface area contributed by atoms with E-state index in [9.17, 15) is 13.7 Å². The van der Waals surface area contributed by atoms with E-state index in [-0.39, 0.29) is 19.8 Å². The first-order chi connectivity index (χ1) is 6.00. The monoisotopic (exact) mass is 350 g/mol. The molecule has 0 bridgehead atoms. The zero-order chi connectivity index (χ0) is 13.5. The maximum absolute atomic E-state index is 9.33. The molecule has 0 unspecified atom stereocenters. The lowest BCUT2D eigenvalue weighted by Crippen LogP contribution is -1.64. The average Bonchev–Trinajstić information content (AvgIpc) is 1.41. The van der Waals surface area contributed by atoms with Gasteiger partial charge in [0.05, 0.1) is 0 Å². The van der Waals surface area contributed by atoms with Gasteiger partial charge in [-0.3, -0.25) is 13.7 Å². The summed E-state index contributed by atoms with van der Waals surface area (Å²) in [6.07, 6.45) is 0. The van der Waals surface area contributed by atoms with Crippen molar-refractivity contribution in [1.29, 1.82) is 0 Å². The fourth-order valence-electron chi connectivity index (χ4n) is 0. The van der Waals surface area contributed by atoms with E-state index in [1.54, 1.807) is 0 Å². The Morgan fingerprint density at radius 3 is 0.529 bits per heavy atom. The highest BCUT2D eigenvalue weighted by atomic mass is 31.2. The molecule has 6 N–H and O–H groups in total. The van der Waals surface area contributed by atoms with Gasteiger partial charge in [0, 0.05) is 39.8 Å². The fraction of sp³-hybridized carbons (Fsp3) is 1.00. The lowest BCUT2D eigenvalue weighted by Gasteiger charge is -1.84. The van der Waals surface area contributed by atoms with E-state index in [2.05, 4.69) is 0 Å². The predicted molar refractivity (Wildman–Crippen MR) is 67.7 cm³/mol. The van der Waals surface area contributed by atoms with Gasteiger partial charge in [0.1, 0.15) is 0 Å². The third-order valence-electron chi connectivity index (χ3n) is 0. The SMILES string of the molecule is CP(=O)(O)O.CP(=O)(O)O.CP(=O)(O)O.[P].[P]. The minimum atomic E-state index is -3.64. The van der Waals surface area contributed by atoms with Gasteiger partial charge in [0.15, 0.2) is 0 Å². The normalized spacial score (nSPS) is 10.4. The van der Waals surface area contributed by atoms with E-state index in [0.717, 1.165) is 20.0 Å². The highest BCUT2D eigenvalue weighted by Gasteiger charge is 1.96. The highest BCUT2D eigenvalue weighted by Crippen LogP contribution is 2.27. The summed E-state index contributed by atoms with van der Waals surface area (Å²) < 4.78 is 28.0. The molecule has 106 valence electrons. The Labute approximate surface area is 106 Å². The number of hydrogen-bond donors (Lipinski definition) is 6. The molecule has 0 aromatic carbocycles. The second-order valence-electron chi connectivity index (χ2n) is 2.51. The van der Waals surface area contributed by atoms with Crippen LogP contribution in [0.15, 0.2) is 0 Å². The van der Waals surface area contributed by atoms with E-state index in [1.807, 2.05) is 0 Å². The average molecular weight is 350 g/mol. The van der Waals surface area contributed by atoms with Gasteiger partial charge in [-0.15, -0.1) is 0 Å². The quantitative estimate of drug-likeness (QED) is 0.350. The molecular formula is C3H15O9P5. The van der Waals surface area contributed by atoms with Gasteiger partial charge in [0.2, 0.25) is 0 Å². The van der Waals surface area contributed by atoms with Gasteiger partial charge in [0.25, 0.3) is 0 Å². The Hall–Kier alpha value is 1.31. The number of rotatable bonds is 0. The predicted octanol–water partition coefficient (Wildman–Crippen LogP) is 1.10. The first kappa shape index (κ1) is 31.0. The third kappa shape index (κ3) is 2360. The van der Waals surface area contributed by atoms with Crippen molar-refractivity contribution in [3.05, 3.63) is 0 Å². The van der Waals surface area contributed by atoms with Crippen molar-refractivity contribution in [3.8, 4) is 0 Å². The van der Waals surface area contributed by atoms with E-state index in [1.165, 1.54) is 0 Å². The van der Waals surface area contributed by atoms with E-state index in [0.29, 0.717) is 0 Å². The van der Waals surface area contributed by atoms with Crippen LogP contribution in [-0.4, -0.2) is 49.4 Å². The van der Waals surface area contributed by atoms with Crippen molar-refractivity contribution in [1.82, 2.24) is 0 Å². The van der Waals surface area contributed by atoms with E-state index >= 15 is 0 Å². The molecule has 0 rings (SSSR count). The molecule has 9 nitrogen and oxygen atoms in total. The molecule has 0 aromatic heterocycles. The fourth-order valence-corrected chi connectivity index (χ4v) is 0. The van der Waals surface area contributed by atoms with Crippen LogP contribution in [0.4, 0.5) is 0 Å². The third-order valence-corrected chi connectivity index (χ3v) is 0. The smallest absolute Gasteiger partial charge is 0.322 e. The molecule has 0 saturated carbocycles. The number of hydrogen-bond acceptors (Lipinski definition) is 3. The van der Waals surface area contributed by atoms with Gasteiger partial charge in [-0.05, 0) is 0 Å². The van der Waals surface area contributed by atoms with Gasteiger partial charge >= 0.3 is 22.8 Å². The molecule has 0 aliphatic heterocycles. The summed E-state index contributed by atoms with van der Waals surface area (Å²) >= 11 is 0. The van der Waals surface area contributed by atoms with Crippen LogP contribution in [-0.2, 0) is 13.7 Å². The van der Waals surface area contributed by atoms with Crippen LogP contribution >= 0.6 is 42.6 Å². The van der Waals surface area contributed by atoms with E-state index in [4.69, 9.17) is 29.4 Å². The molecule has 0 aliphatic rings. The largest absolute Gasteiger partial charge is 0.325 e. The topological polar surface area (TPSA) is 173 Å². The van der Waals surface area contributed by atoms with Gasteiger partial charge in [-0.1, -0.05) is 0 Å². The van der Waals surface area contributed by atoms with Crippen molar-refractivity contribution in [3.63, 3.8) is 0 Å². The maximum atomic E-state index is 9.33. The maximum Gasteiger partial charge on any atom is 0.322 e. The molecule has 0 atom stereocenters. The summed E-state index contributed by atoms with van der Waals surface area (Å²) in [5, 5.41) is 0. The minimum Gasteiger partial charge on any atom is -0.325 e. The molecule has 0 spiro atoms. The molecule has 0 aromatic rings. The Bertz CT molecular complexity index is 211. The second kappa shape index (κ2) is 12.3. The zero-order valence-electron chi connectivity index (χ0n) is 9.14. The molecule has 0 fully saturated rings. The van der Waals surface area contributed by atoms with Gasteiger partial charge < -0.3 is 29.4 Å². The first-order valence-corrected chi connectivity index (χ1v) is 9.27. The lowest BCUT2D eigenvalue weighted by molar-refractivity contribution is 0.379. The van der Waals surface area contributed by atoms with Crippen molar-refractivity contribution >= 4 is 42.6 Å². The summed E-state index contributed by atoms with van der Waals surface area (Å²) in [4.78, 5) is 45.8. The van der Waals surface area contributed by atoms with Crippen molar-refractivity contribution in [2.45, 2.75) is 0 Å². The molecule has 0 heterocycles. The molecule has 17 heavy (non-hydrogen) atoms. The van der Waals surface area contributed by atoms with Crippen LogP contribution in [0.5, 0.6) is 0 Å². The summed E-state index contributed by atoms with van der Waals surface area (Å²) in [5.74, 6) is 0. The molecular weight excluding hydrogens is 335 g/mol. The standard InChI is InChI=1S/3CH5O3P.2P/c3*1-5(2,3)4;;/h3*1H3,(H2,2,3,4);;. The summed E-state index contributed by atoms with van der Waals surface area (Å²) in [6, 6.07) is 0. The van der Waals surface area contributed by atoms with Gasteiger partial charge in [-0.25, -0.2) is 0 Å². The molecule has 0 aliphatic carbocycles. The van der Waals surface area contributed by atoms with Crippen LogP contribution in [0.3, 0.4) is 0 Å². The summed E-state index contributed by atoms with van der Waals surface area (Å²) in [5.41, 5.74) is 0. The second-order valence-corrected chi connectivity index (χ2v) is 7.52. The minimum absolute atomic E-state index is 0. The highest BCUT2D eigenvalue weighted by molar-refractivity contribution is 7.51. The van der Waals surface area contributed by atoms with Crippen molar-refractivity contribution in [2.24, 2.45) is 0 Å². The Kier molecular flexibility index (Phi) is 22.5. The van der Waals surface area contributed by atoms with Crippen molar-refractivity contribution in [2.75, 3.05) is 20.0 Å². The van der Waals surface area contributed by atoms with Crippen molar-refractivity contribution < 1.29 is 43.1 Å². The van der Waals surface area contributed by atoms with Crippen LogP contribution in [0.1, 0.15) is 0 Å². The van der Waals surface area contributed by atoms with E-state index < -0.39 is 22.8 Å². The van der Waals surface area contributed by atoms with Crippen LogP contribution in [0.25, 0.3) is 0 Å². The van der Waals surface area contributed by atoms with Gasteiger partial charge in [-0.2, -0.15) is 0 Å². The molecule has 6 radical (unpaired) electrons. The zero-order valence-corrected chi connectivity index (χ0v) is 13.6. The Morgan fingerprint density at radius 1 is 0.529 bits per heavy atom. The lowest BCUT2D eigenvalue weighted by atomic mass is 12.0. The molecule has 14 heteroatoms.